The van der Waals surface area contributed by atoms with Gasteiger partial charge in [-0.2, -0.15) is 0 Å². The number of hydrogen-bond acceptors (Lipinski definition) is 2. The standard InChI is InChI=1S/C13H8BrClOS/c14-13-9(5-6-16-13)12(15)10-7-17-11-4-2-1-3-8(10)11/h1-7,12H. The minimum atomic E-state index is -0.181. The summed E-state index contributed by atoms with van der Waals surface area (Å²) >= 11 is 11.6. The normalized spacial score (nSPS) is 13.1. The lowest BCUT2D eigenvalue weighted by molar-refractivity contribution is 0.537. The first kappa shape index (κ1) is 11.3. The quantitative estimate of drug-likeness (QED) is 0.560. The van der Waals surface area contributed by atoms with Gasteiger partial charge in [-0.3, -0.25) is 0 Å². The predicted molar refractivity (Wildman–Crippen MR) is 75.9 cm³/mol. The van der Waals surface area contributed by atoms with E-state index in [1.165, 1.54) is 10.1 Å². The molecule has 0 radical (unpaired) electrons. The molecule has 0 N–H and O–H groups in total. The van der Waals surface area contributed by atoms with Crippen LogP contribution in [0.5, 0.6) is 0 Å². The van der Waals surface area contributed by atoms with Crippen molar-refractivity contribution >= 4 is 49.0 Å². The highest BCUT2D eigenvalue weighted by Crippen LogP contribution is 2.40. The van der Waals surface area contributed by atoms with Gasteiger partial charge in [0.15, 0.2) is 4.67 Å². The third-order valence-electron chi connectivity index (χ3n) is 2.70. The molecule has 86 valence electrons. The molecule has 17 heavy (non-hydrogen) atoms. The van der Waals surface area contributed by atoms with Crippen LogP contribution in [0.4, 0.5) is 0 Å². The molecule has 0 spiro atoms. The summed E-state index contributed by atoms with van der Waals surface area (Å²) in [6.45, 7) is 0. The largest absolute Gasteiger partial charge is 0.457 e. The first-order valence-electron chi connectivity index (χ1n) is 5.10. The minimum Gasteiger partial charge on any atom is -0.457 e. The Morgan fingerprint density at radius 1 is 1.18 bits per heavy atom. The second kappa shape index (κ2) is 4.48. The van der Waals surface area contributed by atoms with E-state index in [-0.39, 0.29) is 5.38 Å². The van der Waals surface area contributed by atoms with E-state index in [2.05, 4.69) is 33.4 Å². The zero-order valence-corrected chi connectivity index (χ0v) is 11.8. The number of rotatable bonds is 2. The van der Waals surface area contributed by atoms with E-state index in [4.69, 9.17) is 16.0 Å². The Hall–Kier alpha value is -0.770. The van der Waals surface area contributed by atoms with E-state index in [1.54, 1.807) is 17.6 Å². The Bertz CT molecular complexity index is 658. The summed E-state index contributed by atoms with van der Waals surface area (Å²) in [4.78, 5) is 0. The van der Waals surface area contributed by atoms with E-state index in [1.807, 2.05) is 18.2 Å². The molecule has 1 atom stereocenters. The lowest BCUT2D eigenvalue weighted by atomic mass is 10.1. The number of thiophene rings is 1. The molecule has 0 aliphatic carbocycles. The Kier molecular flexibility index (Phi) is 2.99. The topological polar surface area (TPSA) is 13.1 Å². The summed E-state index contributed by atoms with van der Waals surface area (Å²) in [5, 5.41) is 3.15. The van der Waals surface area contributed by atoms with Crippen molar-refractivity contribution < 1.29 is 4.42 Å². The molecular weight excluding hydrogens is 320 g/mol. The third-order valence-corrected chi connectivity index (χ3v) is 4.80. The monoisotopic (exact) mass is 326 g/mol. The molecule has 1 aromatic carbocycles. The van der Waals surface area contributed by atoms with Crippen LogP contribution < -0.4 is 0 Å². The van der Waals surface area contributed by atoms with Crippen molar-refractivity contribution in [3.8, 4) is 0 Å². The Labute approximate surface area is 116 Å². The average Bonchev–Trinajstić information content (AvgIpc) is 2.94. The van der Waals surface area contributed by atoms with Crippen molar-refractivity contribution in [2.45, 2.75) is 5.38 Å². The van der Waals surface area contributed by atoms with Crippen LogP contribution in [0.15, 0.2) is 51.1 Å². The summed E-state index contributed by atoms with van der Waals surface area (Å²) in [6, 6.07) is 10.2. The van der Waals surface area contributed by atoms with Crippen molar-refractivity contribution in [2.24, 2.45) is 0 Å². The summed E-state index contributed by atoms with van der Waals surface area (Å²) in [6.07, 6.45) is 1.64. The molecule has 0 fully saturated rings. The summed E-state index contributed by atoms with van der Waals surface area (Å²) in [7, 11) is 0. The molecule has 1 nitrogen and oxygen atoms in total. The van der Waals surface area contributed by atoms with E-state index < -0.39 is 0 Å². The molecule has 0 bridgehead atoms. The third kappa shape index (κ3) is 1.92. The van der Waals surface area contributed by atoms with Gasteiger partial charge in [0.05, 0.1) is 11.6 Å². The van der Waals surface area contributed by atoms with E-state index in [9.17, 15) is 0 Å². The van der Waals surface area contributed by atoms with Gasteiger partial charge in [0.1, 0.15) is 0 Å². The van der Waals surface area contributed by atoms with Crippen molar-refractivity contribution in [3.05, 3.63) is 57.8 Å². The SMILES string of the molecule is ClC(c1ccoc1Br)c1csc2ccccc12. The van der Waals surface area contributed by atoms with Crippen LogP contribution in [-0.2, 0) is 0 Å². The second-order valence-electron chi connectivity index (χ2n) is 3.70. The molecule has 0 saturated carbocycles. The number of alkyl halides is 1. The number of halogens is 2. The highest BCUT2D eigenvalue weighted by Gasteiger charge is 2.19. The average molecular weight is 328 g/mol. The van der Waals surface area contributed by atoms with Gasteiger partial charge in [0.2, 0.25) is 0 Å². The maximum absolute atomic E-state index is 6.52. The number of hydrogen-bond donors (Lipinski definition) is 0. The van der Waals surface area contributed by atoms with Gasteiger partial charge in [-0.05, 0) is 44.4 Å². The maximum atomic E-state index is 6.52. The highest BCUT2D eigenvalue weighted by molar-refractivity contribution is 9.10. The summed E-state index contributed by atoms with van der Waals surface area (Å²) < 4.78 is 7.19. The first-order chi connectivity index (χ1) is 8.27. The molecular formula is C13H8BrClOS. The van der Waals surface area contributed by atoms with Crippen molar-refractivity contribution in [3.63, 3.8) is 0 Å². The summed E-state index contributed by atoms with van der Waals surface area (Å²) in [5.74, 6) is 0. The molecule has 2 aromatic heterocycles. The molecule has 0 amide bonds. The van der Waals surface area contributed by atoms with Gasteiger partial charge in [-0.15, -0.1) is 22.9 Å². The summed E-state index contributed by atoms with van der Waals surface area (Å²) in [5.41, 5.74) is 2.10. The van der Waals surface area contributed by atoms with Crippen LogP contribution in [0, 0.1) is 0 Å². The Morgan fingerprint density at radius 3 is 2.76 bits per heavy atom. The van der Waals surface area contributed by atoms with E-state index >= 15 is 0 Å². The van der Waals surface area contributed by atoms with Crippen molar-refractivity contribution in [2.75, 3.05) is 0 Å². The van der Waals surface area contributed by atoms with Crippen LogP contribution in [0.25, 0.3) is 10.1 Å². The molecule has 0 aliphatic rings. The van der Waals surface area contributed by atoms with Gasteiger partial charge in [-0.25, -0.2) is 0 Å². The van der Waals surface area contributed by atoms with Crippen LogP contribution in [0.1, 0.15) is 16.5 Å². The fraction of sp³-hybridized carbons (Fsp3) is 0.0769. The van der Waals surface area contributed by atoms with Crippen LogP contribution in [0.3, 0.4) is 0 Å². The lowest BCUT2D eigenvalue weighted by Crippen LogP contribution is -1.90. The predicted octanol–water partition coefficient (Wildman–Crippen LogP) is 5.59. The van der Waals surface area contributed by atoms with Crippen molar-refractivity contribution in [1.82, 2.24) is 0 Å². The highest BCUT2D eigenvalue weighted by atomic mass is 79.9. The fourth-order valence-corrected chi connectivity index (χ4v) is 3.86. The van der Waals surface area contributed by atoms with E-state index in [0.29, 0.717) is 4.67 Å². The Balaban J connectivity index is 2.13. The van der Waals surface area contributed by atoms with Gasteiger partial charge in [0, 0.05) is 10.3 Å². The molecule has 0 saturated heterocycles. The zero-order chi connectivity index (χ0) is 11.8. The van der Waals surface area contributed by atoms with E-state index in [0.717, 1.165) is 11.1 Å². The molecule has 0 aliphatic heterocycles. The van der Waals surface area contributed by atoms with Gasteiger partial charge >= 0.3 is 0 Å². The van der Waals surface area contributed by atoms with Crippen molar-refractivity contribution in [1.29, 1.82) is 0 Å². The number of furan rings is 1. The van der Waals surface area contributed by atoms with Gasteiger partial charge in [0.25, 0.3) is 0 Å². The smallest absolute Gasteiger partial charge is 0.173 e. The zero-order valence-electron chi connectivity index (χ0n) is 8.69. The van der Waals surface area contributed by atoms with Crippen LogP contribution in [-0.4, -0.2) is 0 Å². The molecule has 4 heteroatoms. The molecule has 1 unspecified atom stereocenters. The number of benzene rings is 1. The van der Waals surface area contributed by atoms with Gasteiger partial charge < -0.3 is 4.42 Å². The Morgan fingerprint density at radius 2 is 2.00 bits per heavy atom. The maximum Gasteiger partial charge on any atom is 0.173 e. The van der Waals surface area contributed by atoms with Crippen LogP contribution in [0.2, 0.25) is 0 Å². The molecule has 2 heterocycles. The fourth-order valence-electron chi connectivity index (χ4n) is 1.85. The minimum absolute atomic E-state index is 0.181. The number of fused-ring (bicyclic) bond motifs is 1. The first-order valence-corrected chi connectivity index (χ1v) is 7.21. The second-order valence-corrected chi connectivity index (χ2v) is 5.77. The lowest BCUT2D eigenvalue weighted by Gasteiger charge is -2.06. The molecule has 3 rings (SSSR count). The van der Waals surface area contributed by atoms with Gasteiger partial charge in [-0.1, -0.05) is 18.2 Å². The van der Waals surface area contributed by atoms with Crippen LogP contribution >= 0.6 is 38.9 Å². The molecule has 3 aromatic rings.